The second-order valence-corrected chi connectivity index (χ2v) is 6.32. The number of hydrogen-bond donors (Lipinski definition) is 3. The zero-order chi connectivity index (χ0) is 16.5. The Balaban J connectivity index is 2.02. The predicted molar refractivity (Wildman–Crippen MR) is 77.9 cm³/mol. The van der Waals surface area contributed by atoms with Crippen molar-refractivity contribution in [1.29, 1.82) is 5.26 Å². The molecule has 10 nitrogen and oxygen atoms in total. The molecule has 0 spiro atoms. The molecule has 2 aromatic heterocycles. The smallest absolute Gasteiger partial charge is 0.215 e. The minimum absolute atomic E-state index is 0.246. The number of nitrogens with two attached hydrogens (primary N) is 1. The maximum absolute atomic E-state index is 10.9. The highest BCUT2D eigenvalue weighted by atomic mass is 32.1. The minimum Gasteiger partial charge on any atom is -0.386 e. The second kappa shape index (κ2) is 4.08. The molecule has 2 aliphatic rings. The van der Waals surface area contributed by atoms with E-state index in [9.17, 15) is 15.5 Å². The Morgan fingerprint density at radius 2 is 2.39 bits per heavy atom. The number of rotatable bonds is 2. The van der Waals surface area contributed by atoms with Gasteiger partial charge in [0.15, 0.2) is 5.60 Å². The fourth-order valence-corrected chi connectivity index (χ4v) is 4.32. The summed E-state index contributed by atoms with van der Waals surface area (Å²) in [6.45, 7) is -0.256. The van der Waals surface area contributed by atoms with Gasteiger partial charge >= 0.3 is 0 Å². The molecule has 0 amide bonds. The van der Waals surface area contributed by atoms with Crippen LogP contribution in [0.4, 0.5) is 5.82 Å². The van der Waals surface area contributed by atoms with Crippen LogP contribution in [-0.2, 0) is 10.3 Å². The van der Waals surface area contributed by atoms with E-state index in [2.05, 4.69) is 20.0 Å². The number of azide groups is 1. The Hall–Kier alpha value is -2.48. The number of anilines is 1. The van der Waals surface area contributed by atoms with E-state index < -0.39 is 22.8 Å². The third kappa shape index (κ3) is 1.28. The van der Waals surface area contributed by atoms with E-state index in [-0.39, 0.29) is 12.4 Å². The van der Waals surface area contributed by atoms with E-state index >= 15 is 0 Å². The number of ether oxygens (including phenoxy) is 1. The quantitative estimate of drug-likeness (QED) is 0.399. The number of nitriles is 1. The van der Waals surface area contributed by atoms with Crippen LogP contribution >= 0.6 is 11.3 Å². The van der Waals surface area contributed by atoms with Gasteiger partial charge < -0.3 is 20.7 Å². The van der Waals surface area contributed by atoms with E-state index in [1.807, 2.05) is 0 Å². The van der Waals surface area contributed by atoms with E-state index in [0.29, 0.717) is 15.8 Å². The molecule has 0 radical (unpaired) electrons. The first-order valence-corrected chi connectivity index (χ1v) is 7.36. The summed E-state index contributed by atoms with van der Waals surface area (Å²) < 4.78 is 5.91. The van der Waals surface area contributed by atoms with Gasteiger partial charge in [0.1, 0.15) is 29.9 Å². The molecule has 2 fully saturated rings. The molecule has 0 bridgehead atoms. The molecule has 2 aromatic rings. The molecule has 11 heteroatoms. The van der Waals surface area contributed by atoms with Gasteiger partial charge in [0, 0.05) is 10.5 Å². The van der Waals surface area contributed by atoms with Gasteiger partial charge in [-0.05, 0) is 10.9 Å². The van der Waals surface area contributed by atoms with Gasteiger partial charge in [0.2, 0.25) is 5.60 Å². The molecule has 0 aromatic carbocycles. The van der Waals surface area contributed by atoms with Crippen molar-refractivity contribution in [3.05, 3.63) is 27.7 Å². The molecule has 1 saturated carbocycles. The van der Waals surface area contributed by atoms with Crippen molar-refractivity contribution in [2.45, 2.75) is 22.8 Å². The normalized spacial score (nSPS) is 37.9. The summed E-state index contributed by atoms with van der Waals surface area (Å²) in [4.78, 5) is 10.8. The monoisotopic (exact) mass is 331 g/mol. The van der Waals surface area contributed by atoms with Crippen LogP contribution in [0.5, 0.6) is 0 Å². The van der Waals surface area contributed by atoms with E-state index in [0.717, 1.165) is 0 Å². The third-order valence-electron chi connectivity index (χ3n) is 4.61. The van der Waals surface area contributed by atoms with Crippen LogP contribution in [0, 0.1) is 11.3 Å². The molecule has 4 rings (SSSR count). The summed E-state index contributed by atoms with van der Waals surface area (Å²) in [6, 6.07) is 1.78. The number of thiophene rings is 1. The van der Waals surface area contributed by atoms with Crippen molar-refractivity contribution in [2.75, 3.05) is 12.3 Å². The van der Waals surface area contributed by atoms with Gasteiger partial charge in [-0.2, -0.15) is 5.26 Å². The lowest BCUT2D eigenvalue weighted by molar-refractivity contribution is 0.00884. The van der Waals surface area contributed by atoms with Gasteiger partial charge in [0.05, 0.1) is 16.8 Å². The van der Waals surface area contributed by atoms with Gasteiger partial charge in [-0.25, -0.2) is 9.97 Å². The molecule has 1 saturated heterocycles. The van der Waals surface area contributed by atoms with Crippen molar-refractivity contribution in [3.8, 4) is 6.07 Å². The molecule has 4 N–H and O–H groups in total. The Morgan fingerprint density at radius 1 is 1.61 bits per heavy atom. The first-order chi connectivity index (χ1) is 11.0. The predicted octanol–water partition coefficient (Wildman–Crippen LogP) is 0.177. The van der Waals surface area contributed by atoms with Crippen LogP contribution in [0.3, 0.4) is 0 Å². The van der Waals surface area contributed by atoms with Gasteiger partial charge in [-0.15, -0.1) is 11.3 Å². The molecule has 1 aliphatic carbocycles. The average molecular weight is 331 g/mol. The molecule has 1 aliphatic heterocycles. The van der Waals surface area contributed by atoms with Crippen LogP contribution in [-0.4, -0.2) is 44.1 Å². The zero-order valence-corrected chi connectivity index (χ0v) is 12.2. The summed E-state index contributed by atoms with van der Waals surface area (Å²) in [5, 5.41) is 35.6. The fraction of sp³-hybridized carbons (Fsp3) is 0.417. The van der Waals surface area contributed by atoms with Crippen LogP contribution in [0.1, 0.15) is 5.56 Å². The maximum Gasteiger partial charge on any atom is 0.215 e. The molecule has 4 atom stereocenters. The lowest BCUT2D eigenvalue weighted by Crippen LogP contribution is -2.43. The highest BCUT2D eigenvalue weighted by molar-refractivity contribution is 7.18. The van der Waals surface area contributed by atoms with Crippen molar-refractivity contribution in [1.82, 2.24) is 9.97 Å². The molecule has 23 heavy (non-hydrogen) atoms. The topological polar surface area (TPSA) is 174 Å². The number of fused-ring (bicyclic) bond motifs is 2. The lowest BCUT2D eigenvalue weighted by Gasteiger charge is -2.28. The Morgan fingerprint density at radius 3 is 3.00 bits per heavy atom. The SMILES string of the molecule is N#C[C@]12OC[C@@](N=[N+]=[N-])(c3csc4c(N)ncnc34)[C@@]1(O)C2O. The third-order valence-corrected chi connectivity index (χ3v) is 5.60. The molecule has 1 unspecified atom stereocenters. The summed E-state index contributed by atoms with van der Waals surface area (Å²) >= 11 is 1.21. The van der Waals surface area contributed by atoms with E-state index in [1.54, 1.807) is 11.4 Å². The highest BCUT2D eigenvalue weighted by Gasteiger charge is 2.91. The number of nitrogens with zero attached hydrogens (tertiary/aromatic N) is 6. The number of aliphatic hydroxyl groups is 2. The van der Waals surface area contributed by atoms with Crippen LogP contribution in [0.15, 0.2) is 16.8 Å². The summed E-state index contributed by atoms with van der Waals surface area (Å²) in [5.74, 6) is 0.246. The Kier molecular flexibility index (Phi) is 2.51. The first-order valence-electron chi connectivity index (χ1n) is 6.48. The number of aliphatic hydroxyl groups excluding tert-OH is 1. The van der Waals surface area contributed by atoms with Crippen molar-refractivity contribution >= 4 is 27.4 Å². The lowest BCUT2D eigenvalue weighted by atomic mass is 9.84. The second-order valence-electron chi connectivity index (χ2n) is 5.44. The standard InChI is InChI=1S/C12H9N7O3S/c13-2-11-9(20)12(11,21)10(3-22-11,18-19-15)5-1-23-7-6(5)16-4-17-8(7)14/h1,4,9,20-21H,3H2,(H2,14,16,17)/t9?,10-,11-,12+/m1/s1. The van der Waals surface area contributed by atoms with Gasteiger partial charge in [-0.3, -0.25) is 0 Å². The highest BCUT2D eigenvalue weighted by Crippen LogP contribution is 2.67. The molecular weight excluding hydrogens is 322 g/mol. The fourth-order valence-electron chi connectivity index (χ4n) is 3.33. The number of aromatic nitrogens is 2. The Labute approximate surface area is 132 Å². The first kappa shape index (κ1) is 14.1. The van der Waals surface area contributed by atoms with Gasteiger partial charge in [0.25, 0.3) is 0 Å². The van der Waals surface area contributed by atoms with Crippen LogP contribution in [0.25, 0.3) is 20.7 Å². The zero-order valence-electron chi connectivity index (χ0n) is 11.4. The molecular formula is C12H9N7O3S. The summed E-state index contributed by atoms with van der Waals surface area (Å²) in [5.41, 5.74) is 9.99. The average Bonchev–Trinajstić information content (AvgIpc) is 2.89. The van der Waals surface area contributed by atoms with Crippen molar-refractivity contribution in [3.63, 3.8) is 0 Å². The summed E-state index contributed by atoms with van der Waals surface area (Å²) in [7, 11) is 0. The minimum atomic E-state index is -2.05. The van der Waals surface area contributed by atoms with Crippen molar-refractivity contribution < 1.29 is 14.9 Å². The number of hydrogen-bond acceptors (Lipinski definition) is 9. The molecule has 3 heterocycles. The van der Waals surface area contributed by atoms with Crippen LogP contribution in [0.2, 0.25) is 0 Å². The van der Waals surface area contributed by atoms with E-state index in [1.165, 1.54) is 17.7 Å². The van der Waals surface area contributed by atoms with Crippen LogP contribution < -0.4 is 5.73 Å². The van der Waals surface area contributed by atoms with E-state index in [4.69, 9.17) is 16.0 Å². The van der Waals surface area contributed by atoms with Gasteiger partial charge in [-0.1, -0.05) is 5.11 Å². The molecule has 116 valence electrons. The summed E-state index contributed by atoms with van der Waals surface area (Å²) in [6.07, 6.45) is -0.244. The maximum atomic E-state index is 10.9. The van der Waals surface area contributed by atoms with Crippen molar-refractivity contribution in [2.24, 2.45) is 5.11 Å². The Bertz CT molecular complexity index is 934. The largest absolute Gasteiger partial charge is 0.386 e. The number of nitrogen functional groups attached to an aromatic ring is 1.